The van der Waals surface area contributed by atoms with Crippen molar-refractivity contribution in [3.63, 3.8) is 0 Å². The molecule has 8 aromatic rings. The Morgan fingerprint density at radius 3 is 1.87 bits per heavy atom. The molecule has 0 aliphatic carbocycles. The zero-order valence-electron chi connectivity index (χ0n) is 20.4. The van der Waals surface area contributed by atoms with Crippen molar-refractivity contribution in [2.24, 2.45) is 0 Å². The van der Waals surface area contributed by atoms with Gasteiger partial charge in [0, 0.05) is 16.5 Å². The first-order valence-electron chi connectivity index (χ1n) is 12.5. The Balaban J connectivity index is 1.53. The highest BCUT2D eigenvalue weighted by Crippen LogP contribution is 2.32. The van der Waals surface area contributed by atoms with E-state index in [4.69, 9.17) is 19.9 Å². The average Bonchev–Trinajstić information content (AvgIpc) is 3.54. The summed E-state index contributed by atoms with van der Waals surface area (Å²) in [6.45, 7) is 0. The summed E-state index contributed by atoms with van der Waals surface area (Å²) in [5.74, 6) is 1.42. The van der Waals surface area contributed by atoms with E-state index in [1.807, 2.05) is 114 Å². The smallest absolute Gasteiger partial charge is 0.271 e. The lowest BCUT2D eigenvalue weighted by molar-refractivity contribution is 0.945. The molecule has 0 bridgehead atoms. The van der Waals surface area contributed by atoms with Crippen LogP contribution in [-0.2, 0) is 0 Å². The van der Waals surface area contributed by atoms with E-state index in [0.717, 1.165) is 32.2 Å². The van der Waals surface area contributed by atoms with E-state index in [1.54, 1.807) is 4.40 Å². The molecule has 0 N–H and O–H groups in total. The molecule has 4 aromatic carbocycles. The van der Waals surface area contributed by atoms with Crippen molar-refractivity contribution in [1.29, 1.82) is 0 Å². The molecule has 0 spiro atoms. The van der Waals surface area contributed by atoms with Gasteiger partial charge in [-0.2, -0.15) is 9.97 Å². The third-order valence-electron chi connectivity index (χ3n) is 6.85. The quantitative estimate of drug-likeness (QED) is 0.264. The van der Waals surface area contributed by atoms with Crippen LogP contribution < -0.4 is 5.56 Å². The topological polar surface area (TPSA) is 78.0 Å². The van der Waals surface area contributed by atoms with E-state index in [-0.39, 0.29) is 5.56 Å². The lowest BCUT2D eigenvalue weighted by atomic mass is 10.2. The molecule has 0 fully saturated rings. The summed E-state index contributed by atoms with van der Waals surface area (Å²) >= 11 is 1.51. The van der Waals surface area contributed by atoms with Crippen molar-refractivity contribution in [3.8, 4) is 28.7 Å². The second kappa shape index (κ2) is 8.41. The van der Waals surface area contributed by atoms with Gasteiger partial charge in [0.25, 0.3) is 5.56 Å². The third kappa shape index (κ3) is 3.32. The van der Waals surface area contributed by atoms with Gasteiger partial charge < -0.3 is 0 Å². The third-order valence-corrected chi connectivity index (χ3v) is 7.87. The number of benzene rings is 4. The van der Waals surface area contributed by atoms with Gasteiger partial charge in [0.2, 0.25) is 5.95 Å². The molecule has 8 rings (SSSR count). The fourth-order valence-electron chi connectivity index (χ4n) is 5.08. The number of thiazole rings is 1. The second-order valence-corrected chi connectivity index (χ2v) is 10.2. The van der Waals surface area contributed by atoms with Crippen LogP contribution in [0.3, 0.4) is 0 Å². The number of fused-ring (bicyclic) bond motifs is 6. The first-order valence-corrected chi connectivity index (χ1v) is 13.3. The molecule has 0 atom stereocenters. The van der Waals surface area contributed by atoms with E-state index >= 15 is 0 Å². The van der Waals surface area contributed by atoms with Crippen molar-refractivity contribution in [2.45, 2.75) is 0 Å². The lowest BCUT2D eigenvalue weighted by Gasteiger charge is -2.10. The maximum atomic E-state index is 14.3. The monoisotopic (exact) mass is 522 g/mol. The van der Waals surface area contributed by atoms with E-state index in [2.05, 4.69) is 0 Å². The molecule has 8 heteroatoms. The number of nitrogens with zero attached hydrogens (tertiary/aromatic N) is 6. The van der Waals surface area contributed by atoms with Gasteiger partial charge in [-0.25, -0.2) is 14.4 Å². The van der Waals surface area contributed by atoms with Gasteiger partial charge in [0.05, 0.1) is 15.7 Å². The van der Waals surface area contributed by atoms with Gasteiger partial charge in [-0.15, -0.1) is 0 Å². The predicted octanol–water partition coefficient (Wildman–Crippen LogP) is 6.53. The summed E-state index contributed by atoms with van der Waals surface area (Å²) in [6.07, 6.45) is 0. The summed E-state index contributed by atoms with van der Waals surface area (Å²) in [7, 11) is 0. The molecule has 0 saturated heterocycles. The minimum absolute atomic E-state index is 0.161. The van der Waals surface area contributed by atoms with Crippen LogP contribution in [0.15, 0.2) is 114 Å². The van der Waals surface area contributed by atoms with Crippen LogP contribution in [0.2, 0.25) is 0 Å². The average molecular weight is 523 g/mol. The van der Waals surface area contributed by atoms with Crippen molar-refractivity contribution in [1.82, 2.24) is 28.9 Å². The fourth-order valence-corrected chi connectivity index (χ4v) is 6.10. The number of hydrogen-bond acceptors (Lipinski definition) is 6. The molecular formula is C31H18N6OS. The number of aromatic nitrogens is 6. The van der Waals surface area contributed by atoms with Gasteiger partial charge in [0.15, 0.2) is 16.6 Å². The van der Waals surface area contributed by atoms with Crippen LogP contribution in [0.1, 0.15) is 0 Å². The van der Waals surface area contributed by atoms with Gasteiger partial charge in [-0.05, 0) is 18.2 Å². The van der Waals surface area contributed by atoms with Gasteiger partial charge in [0.1, 0.15) is 11.0 Å². The van der Waals surface area contributed by atoms with Gasteiger partial charge in [-0.3, -0.25) is 9.36 Å². The zero-order chi connectivity index (χ0) is 25.9. The fraction of sp³-hybridized carbons (Fsp3) is 0. The Bertz CT molecular complexity index is 2190. The Labute approximate surface area is 225 Å². The summed E-state index contributed by atoms with van der Waals surface area (Å²) in [5, 5.41) is 0.868. The second-order valence-electron chi connectivity index (χ2n) is 9.17. The molecule has 0 radical (unpaired) electrons. The molecule has 4 heterocycles. The summed E-state index contributed by atoms with van der Waals surface area (Å²) < 4.78 is 4.53. The Morgan fingerprint density at radius 2 is 1.18 bits per heavy atom. The maximum absolute atomic E-state index is 14.3. The van der Waals surface area contributed by atoms with Gasteiger partial charge >= 0.3 is 0 Å². The van der Waals surface area contributed by atoms with Crippen LogP contribution in [0.25, 0.3) is 65.8 Å². The van der Waals surface area contributed by atoms with Crippen molar-refractivity contribution >= 4 is 48.5 Å². The molecule has 184 valence electrons. The molecule has 7 nitrogen and oxygen atoms in total. The Morgan fingerprint density at radius 1 is 0.590 bits per heavy atom. The minimum Gasteiger partial charge on any atom is -0.271 e. The highest BCUT2D eigenvalue weighted by Gasteiger charge is 2.23. The molecular weight excluding hydrogens is 504 g/mol. The molecule has 0 aliphatic rings. The summed E-state index contributed by atoms with van der Waals surface area (Å²) in [6, 6.07) is 35.3. The van der Waals surface area contributed by atoms with E-state index < -0.39 is 0 Å². The van der Waals surface area contributed by atoms with Crippen molar-refractivity contribution < 1.29 is 0 Å². The summed E-state index contributed by atoms with van der Waals surface area (Å²) in [4.78, 5) is 34.6. The minimum atomic E-state index is -0.161. The first kappa shape index (κ1) is 21.8. The van der Waals surface area contributed by atoms with Crippen molar-refractivity contribution in [2.75, 3.05) is 0 Å². The molecule has 0 unspecified atom stereocenters. The first-order chi connectivity index (χ1) is 19.3. The molecule has 0 amide bonds. The van der Waals surface area contributed by atoms with E-state index in [1.165, 1.54) is 11.3 Å². The zero-order valence-corrected chi connectivity index (χ0v) is 21.2. The standard InChI is InChI=1S/C31H18N6OS/c38-29-26-25(32-31-37(29)23-17-9-10-18-24(23)39-31)21-15-7-8-16-22(21)36(26)30-34-27(19-11-3-1-4-12-19)33-28(35-30)20-13-5-2-6-14-20/h1-18H. The number of rotatable bonds is 3. The number of hydrogen-bond donors (Lipinski definition) is 0. The SMILES string of the molecule is O=c1c2c(nc3sc4ccccc4n13)c1ccccc1n2-c1nc(-c2ccccc2)nc(-c2ccccc2)n1. The molecule has 39 heavy (non-hydrogen) atoms. The maximum Gasteiger partial charge on any atom is 0.284 e. The highest BCUT2D eigenvalue weighted by molar-refractivity contribution is 7.23. The van der Waals surface area contributed by atoms with E-state index in [0.29, 0.717) is 33.6 Å². The molecule has 0 aliphatic heterocycles. The number of para-hydroxylation sites is 2. The molecule has 0 saturated carbocycles. The van der Waals surface area contributed by atoms with E-state index in [9.17, 15) is 4.79 Å². The van der Waals surface area contributed by atoms with Crippen LogP contribution in [0.5, 0.6) is 0 Å². The lowest BCUT2D eigenvalue weighted by Crippen LogP contribution is -2.17. The van der Waals surface area contributed by atoms with Crippen LogP contribution in [0, 0.1) is 0 Å². The molecule has 4 aromatic heterocycles. The van der Waals surface area contributed by atoms with Crippen molar-refractivity contribution in [3.05, 3.63) is 120 Å². The largest absolute Gasteiger partial charge is 0.284 e. The van der Waals surface area contributed by atoms with Crippen LogP contribution in [-0.4, -0.2) is 28.9 Å². The Kier molecular flexibility index (Phi) is 4.71. The summed E-state index contributed by atoms with van der Waals surface area (Å²) in [5.41, 5.74) is 4.27. The highest BCUT2D eigenvalue weighted by atomic mass is 32.1. The van der Waals surface area contributed by atoms with Crippen LogP contribution in [0.4, 0.5) is 0 Å². The normalized spacial score (nSPS) is 11.7. The predicted molar refractivity (Wildman–Crippen MR) is 155 cm³/mol. The van der Waals surface area contributed by atoms with Crippen LogP contribution >= 0.6 is 11.3 Å². The Hall–Kier alpha value is -5.21. The van der Waals surface area contributed by atoms with Gasteiger partial charge in [-0.1, -0.05) is 102 Å².